The fourth-order valence-electron chi connectivity index (χ4n) is 1.98. The summed E-state index contributed by atoms with van der Waals surface area (Å²) in [6, 6.07) is 0. The molecule has 0 aromatic carbocycles. The van der Waals surface area contributed by atoms with Crippen molar-refractivity contribution in [3.63, 3.8) is 0 Å². The van der Waals surface area contributed by atoms with Crippen molar-refractivity contribution < 1.29 is 4.74 Å². The minimum absolute atomic E-state index is 0.122. The summed E-state index contributed by atoms with van der Waals surface area (Å²) in [5.74, 6) is 1.43. The Bertz CT molecular complexity index is 491. The van der Waals surface area contributed by atoms with Gasteiger partial charge in [0, 0.05) is 50.6 Å². The van der Waals surface area contributed by atoms with Crippen LogP contribution in [-0.4, -0.2) is 44.3 Å². The molecule has 0 aliphatic carbocycles. The zero-order valence-corrected chi connectivity index (χ0v) is 16.9. The molecule has 1 rings (SSSR count). The Hall–Kier alpha value is -1.14. The monoisotopic (exact) mass is 354 g/mol. The second-order valence-electron chi connectivity index (χ2n) is 7.37. The maximum Gasteiger partial charge on any atom is 0.190 e. The molecular formula is C18H34N4OS. The zero-order chi connectivity index (χ0) is 18.0. The fourth-order valence-corrected chi connectivity index (χ4v) is 3.00. The number of hydrogen-bond acceptors (Lipinski definition) is 4. The molecule has 0 aliphatic rings. The van der Waals surface area contributed by atoms with Crippen LogP contribution in [-0.2, 0) is 16.6 Å². The van der Waals surface area contributed by atoms with Crippen LogP contribution < -0.4 is 10.6 Å². The van der Waals surface area contributed by atoms with E-state index in [2.05, 4.69) is 55.6 Å². The summed E-state index contributed by atoms with van der Waals surface area (Å²) in [6.45, 7) is 14.2. The van der Waals surface area contributed by atoms with E-state index in [0.717, 1.165) is 45.1 Å². The third-order valence-electron chi connectivity index (χ3n) is 3.38. The molecule has 0 aliphatic heterocycles. The number of hydrogen-bond donors (Lipinski definition) is 2. The first-order valence-corrected chi connectivity index (χ1v) is 9.68. The lowest BCUT2D eigenvalue weighted by molar-refractivity contribution is 0.108. The van der Waals surface area contributed by atoms with E-state index in [-0.39, 0.29) is 5.41 Å². The van der Waals surface area contributed by atoms with Gasteiger partial charge in [0.15, 0.2) is 5.96 Å². The van der Waals surface area contributed by atoms with Crippen molar-refractivity contribution in [2.45, 2.75) is 52.9 Å². The molecule has 1 heterocycles. The predicted molar refractivity (Wildman–Crippen MR) is 104 cm³/mol. The van der Waals surface area contributed by atoms with Crippen molar-refractivity contribution in [1.29, 1.82) is 0 Å². The third kappa shape index (κ3) is 8.64. The van der Waals surface area contributed by atoms with E-state index in [1.54, 1.807) is 18.4 Å². The number of nitrogens with zero attached hydrogens (tertiary/aromatic N) is 2. The molecule has 24 heavy (non-hydrogen) atoms. The molecule has 0 unspecified atom stereocenters. The molecule has 6 heteroatoms. The molecule has 0 fully saturated rings. The largest absolute Gasteiger partial charge is 0.381 e. The Morgan fingerprint density at radius 1 is 1.29 bits per heavy atom. The molecule has 1 aromatic heterocycles. The van der Waals surface area contributed by atoms with Gasteiger partial charge in [-0.1, -0.05) is 34.6 Å². The highest BCUT2D eigenvalue weighted by molar-refractivity contribution is 7.09. The average molecular weight is 355 g/mol. The number of guanidine groups is 1. The predicted octanol–water partition coefficient (Wildman–Crippen LogP) is 3.21. The maximum atomic E-state index is 5.57. The summed E-state index contributed by atoms with van der Waals surface area (Å²) in [4.78, 5) is 8.96. The standard InChI is InChI=1S/C18H34N4OS/c1-14(2)12-23-11-7-9-20-17(19-6)21-10-8-16-22-15(13-24-16)18(3,4)5/h13-14H,7-12H2,1-6H3,(H2,19,20,21). The Morgan fingerprint density at radius 3 is 2.58 bits per heavy atom. The maximum absolute atomic E-state index is 5.57. The van der Waals surface area contributed by atoms with Crippen LogP contribution >= 0.6 is 11.3 Å². The molecule has 0 spiro atoms. The van der Waals surface area contributed by atoms with Crippen molar-refractivity contribution >= 4 is 17.3 Å². The third-order valence-corrected chi connectivity index (χ3v) is 4.29. The minimum atomic E-state index is 0.122. The van der Waals surface area contributed by atoms with Crippen molar-refractivity contribution in [1.82, 2.24) is 15.6 Å². The van der Waals surface area contributed by atoms with E-state index in [4.69, 9.17) is 9.72 Å². The van der Waals surface area contributed by atoms with Crippen molar-refractivity contribution in [3.05, 3.63) is 16.1 Å². The SMILES string of the molecule is CN=C(NCCCOCC(C)C)NCCc1nc(C(C)(C)C)cs1. The van der Waals surface area contributed by atoms with Crippen LogP contribution in [0.15, 0.2) is 10.4 Å². The molecule has 0 saturated heterocycles. The number of rotatable bonds is 9. The minimum Gasteiger partial charge on any atom is -0.381 e. The van der Waals surface area contributed by atoms with Gasteiger partial charge in [-0.3, -0.25) is 4.99 Å². The first kappa shape index (κ1) is 20.9. The number of aliphatic imine (C=N–C) groups is 1. The van der Waals surface area contributed by atoms with Crippen LogP contribution in [0.3, 0.4) is 0 Å². The average Bonchev–Trinajstić information content (AvgIpc) is 2.97. The summed E-state index contributed by atoms with van der Waals surface area (Å²) in [5.41, 5.74) is 1.30. The Kier molecular flexibility index (Phi) is 9.29. The summed E-state index contributed by atoms with van der Waals surface area (Å²) < 4.78 is 5.57. The Balaban J connectivity index is 2.19. The Labute approximate surface area is 151 Å². The molecular weight excluding hydrogens is 320 g/mol. The van der Waals surface area contributed by atoms with Gasteiger partial charge in [-0.15, -0.1) is 11.3 Å². The van der Waals surface area contributed by atoms with Gasteiger partial charge in [0.1, 0.15) is 0 Å². The molecule has 5 nitrogen and oxygen atoms in total. The van der Waals surface area contributed by atoms with Gasteiger partial charge in [0.05, 0.1) is 10.7 Å². The molecule has 0 radical (unpaired) electrons. The molecule has 0 atom stereocenters. The zero-order valence-electron chi connectivity index (χ0n) is 16.1. The van der Waals surface area contributed by atoms with Gasteiger partial charge in [0.2, 0.25) is 0 Å². The molecule has 0 bridgehead atoms. The molecule has 2 N–H and O–H groups in total. The van der Waals surface area contributed by atoms with Crippen molar-refractivity contribution in [3.8, 4) is 0 Å². The summed E-state index contributed by atoms with van der Waals surface area (Å²) >= 11 is 1.74. The number of nitrogens with one attached hydrogen (secondary N) is 2. The van der Waals surface area contributed by atoms with Gasteiger partial charge >= 0.3 is 0 Å². The van der Waals surface area contributed by atoms with E-state index >= 15 is 0 Å². The lowest BCUT2D eigenvalue weighted by Crippen LogP contribution is -2.39. The molecule has 0 saturated carbocycles. The van der Waals surface area contributed by atoms with Crippen molar-refractivity contribution in [2.24, 2.45) is 10.9 Å². The highest BCUT2D eigenvalue weighted by Gasteiger charge is 2.17. The normalized spacial score (nSPS) is 12.7. The topological polar surface area (TPSA) is 58.5 Å². The van der Waals surface area contributed by atoms with Crippen LogP contribution in [0.5, 0.6) is 0 Å². The van der Waals surface area contributed by atoms with Crippen LogP contribution in [0, 0.1) is 5.92 Å². The van der Waals surface area contributed by atoms with E-state index in [1.165, 1.54) is 10.7 Å². The van der Waals surface area contributed by atoms with Gasteiger partial charge in [-0.2, -0.15) is 0 Å². The van der Waals surface area contributed by atoms with Gasteiger partial charge < -0.3 is 15.4 Å². The van der Waals surface area contributed by atoms with Crippen LogP contribution in [0.2, 0.25) is 0 Å². The van der Waals surface area contributed by atoms with Gasteiger partial charge in [-0.25, -0.2) is 4.98 Å². The van der Waals surface area contributed by atoms with Crippen LogP contribution in [0.1, 0.15) is 51.7 Å². The Morgan fingerprint density at radius 2 is 2.00 bits per heavy atom. The highest BCUT2D eigenvalue weighted by atomic mass is 32.1. The van der Waals surface area contributed by atoms with E-state index in [9.17, 15) is 0 Å². The molecule has 0 amide bonds. The van der Waals surface area contributed by atoms with Crippen LogP contribution in [0.25, 0.3) is 0 Å². The van der Waals surface area contributed by atoms with Crippen molar-refractivity contribution in [2.75, 3.05) is 33.4 Å². The lowest BCUT2D eigenvalue weighted by Gasteiger charge is -2.14. The summed E-state index contributed by atoms with van der Waals surface area (Å²) in [7, 11) is 1.80. The van der Waals surface area contributed by atoms with E-state index in [0.29, 0.717) is 5.92 Å². The van der Waals surface area contributed by atoms with E-state index < -0.39 is 0 Å². The molecule has 138 valence electrons. The smallest absolute Gasteiger partial charge is 0.190 e. The van der Waals surface area contributed by atoms with E-state index in [1.807, 2.05) is 0 Å². The molecule has 1 aromatic rings. The quantitative estimate of drug-likeness (QED) is 0.406. The number of ether oxygens (including phenoxy) is 1. The van der Waals surface area contributed by atoms with Gasteiger partial charge in [-0.05, 0) is 12.3 Å². The first-order chi connectivity index (χ1) is 11.3. The number of thiazole rings is 1. The van der Waals surface area contributed by atoms with Gasteiger partial charge in [0.25, 0.3) is 0 Å². The summed E-state index contributed by atoms with van der Waals surface area (Å²) in [5, 5.41) is 9.99. The second kappa shape index (κ2) is 10.7. The van der Waals surface area contributed by atoms with Crippen LogP contribution in [0.4, 0.5) is 0 Å². The first-order valence-electron chi connectivity index (χ1n) is 8.80. The summed E-state index contributed by atoms with van der Waals surface area (Å²) in [6.07, 6.45) is 1.90. The second-order valence-corrected chi connectivity index (χ2v) is 8.32. The highest BCUT2D eigenvalue weighted by Crippen LogP contribution is 2.23. The lowest BCUT2D eigenvalue weighted by atomic mass is 9.93. The number of aromatic nitrogens is 1. The fraction of sp³-hybridized carbons (Fsp3) is 0.778.